The van der Waals surface area contributed by atoms with E-state index >= 15 is 0 Å². The molecule has 1 heterocycles. The maximum atomic E-state index is 13.9. The van der Waals surface area contributed by atoms with E-state index in [9.17, 15) is 24.3 Å². The minimum atomic E-state index is -1.17. The number of aryl methyl sites for hydroxylation is 1. The van der Waals surface area contributed by atoms with Crippen LogP contribution >= 0.6 is 0 Å². The zero-order chi connectivity index (χ0) is 36.1. The van der Waals surface area contributed by atoms with Crippen LogP contribution in [0, 0.1) is 57.7 Å². The summed E-state index contributed by atoms with van der Waals surface area (Å²) in [6.07, 6.45) is 7.09. The highest BCUT2D eigenvalue weighted by atomic mass is 16.5. The Morgan fingerprint density at radius 3 is 2.31 bits per heavy atom. The summed E-state index contributed by atoms with van der Waals surface area (Å²) in [7, 11) is 0. The second-order valence-corrected chi connectivity index (χ2v) is 18.6. The van der Waals surface area contributed by atoms with Gasteiger partial charge in [0.15, 0.2) is 0 Å². The van der Waals surface area contributed by atoms with Crippen LogP contribution in [0.3, 0.4) is 0 Å². The highest BCUT2D eigenvalue weighted by Crippen LogP contribution is 2.75. The monoisotopic (exact) mass is 679 g/mol. The van der Waals surface area contributed by atoms with Gasteiger partial charge in [-0.15, -0.1) is 10.2 Å². The maximum Gasteiger partial charge on any atom is 0.309 e. The number of aromatic nitrogens is 2. The van der Waals surface area contributed by atoms with Crippen LogP contribution in [0.2, 0.25) is 0 Å². The second kappa shape index (κ2) is 11.5. The standard InChI is InChI=1S/C39H57N3O7/c1-21(2)29-24(43)19-39(40-31(45)32-42-41-22(3)48-32)18-17-37(9)23(30(29)39)11-12-26-36(8)15-14-27(49-28(44)20-34(4,5)33(46)47)35(6,7)25(36)13-16-38(26,37)10/h21,25-27,29H,11-20H2,1-10H3,(H,40,45)(H,46,47)/t25-,26+,27-,29?,36-,37+,38+,39+/m0/s1. The minimum absolute atomic E-state index is 0.0170. The number of carbonyl (C=O) groups excluding carboxylic acids is 3. The van der Waals surface area contributed by atoms with E-state index in [2.05, 4.69) is 64.0 Å². The quantitative estimate of drug-likeness (QED) is 0.224. The van der Waals surface area contributed by atoms with E-state index in [1.807, 2.05) is 0 Å². The van der Waals surface area contributed by atoms with Gasteiger partial charge >= 0.3 is 23.7 Å². The van der Waals surface area contributed by atoms with Gasteiger partial charge in [-0.3, -0.25) is 19.2 Å². The Morgan fingerprint density at radius 2 is 1.69 bits per heavy atom. The molecule has 0 aromatic carbocycles. The van der Waals surface area contributed by atoms with Crippen LogP contribution in [-0.2, 0) is 19.1 Å². The summed E-state index contributed by atoms with van der Waals surface area (Å²) in [5, 5.41) is 20.7. The van der Waals surface area contributed by atoms with E-state index in [0.29, 0.717) is 30.6 Å². The van der Waals surface area contributed by atoms with Crippen molar-refractivity contribution >= 4 is 23.6 Å². The maximum absolute atomic E-state index is 13.9. The van der Waals surface area contributed by atoms with Gasteiger partial charge in [0.2, 0.25) is 5.89 Å². The van der Waals surface area contributed by atoms with Crippen LogP contribution < -0.4 is 5.32 Å². The number of Topliss-reactive ketones (excluding diaryl/α,β-unsaturated/α-hetero) is 1. The van der Waals surface area contributed by atoms with E-state index in [-0.39, 0.29) is 57.7 Å². The van der Waals surface area contributed by atoms with Crippen LogP contribution in [0.25, 0.3) is 0 Å². The molecule has 1 aromatic heterocycles. The lowest BCUT2D eigenvalue weighted by Crippen LogP contribution is -2.65. The first-order valence-electron chi connectivity index (χ1n) is 18.5. The Morgan fingerprint density at radius 1 is 1.00 bits per heavy atom. The fourth-order valence-electron chi connectivity index (χ4n) is 12.1. The van der Waals surface area contributed by atoms with E-state index in [1.54, 1.807) is 20.8 Å². The summed E-state index contributed by atoms with van der Waals surface area (Å²) in [5.41, 5.74) is 0.220. The molecule has 1 amide bonds. The van der Waals surface area contributed by atoms with Crippen molar-refractivity contribution in [3.8, 4) is 0 Å². The van der Waals surface area contributed by atoms with Gasteiger partial charge in [-0.05, 0) is 105 Å². The number of ether oxygens (including phenoxy) is 1. The third-order valence-electron chi connectivity index (χ3n) is 14.8. The molecule has 49 heavy (non-hydrogen) atoms. The molecule has 2 N–H and O–H groups in total. The van der Waals surface area contributed by atoms with Gasteiger partial charge in [-0.25, -0.2) is 0 Å². The van der Waals surface area contributed by atoms with E-state index < -0.39 is 28.8 Å². The van der Waals surface area contributed by atoms with Crippen LogP contribution in [0.1, 0.15) is 143 Å². The molecule has 10 nitrogen and oxygen atoms in total. The molecular formula is C39H57N3O7. The van der Waals surface area contributed by atoms with E-state index in [4.69, 9.17) is 9.15 Å². The summed E-state index contributed by atoms with van der Waals surface area (Å²) in [4.78, 5) is 52.1. The Kier molecular flexibility index (Phi) is 8.39. The zero-order valence-electron chi connectivity index (χ0n) is 31.2. The first kappa shape index (κ1) is 35.8. The van der Waals surface area contributed by atoms with E-state index in [0.717, 1.165) is 50.5 Å². The van der Waals surface area contributed by atoms with Crippen molar-refractivity contribution in [3.63, 3.8) is 0 Å². The molecule has 5 aliphatic carbocycles. The molecule has 4 saturated carbocycles. The summed E-state index contributed by atoms with van der Waals surface area (Å²) in [6, 6.07) is 0. The normalized spacial score (nSPS) is 38.3. The predicted octanol–water partition coefficient (Wildman–Crippen LogP) is 7.25. The summed E-state index contributed by atoms with van der Waals surface area (Å²) >= 11 is 0. The number of aliphatic carboxylic acids is 1. The van der Waals surface area contributed by atoms with Crippen molar-refractivity contribution in [2.75, 3.05) is 0 Å². The number of carboxylic acids is 1. The molecule has 270 valence electrons. The lowest BCUT2D eigenvalue weighted by atomic mass is 9.34. The molecule has 1 aromatic rings. The van der Waals surface area contributed by atoms with Crippen LogP contribution in [0.15, 0.2) is 15.6 Å². The molecule has 0 bridgehead atoms. The highest BCUT2D eigenvalue weighted by Gasteiger charge is 2.69. The van der Waals surface area contributed by atoms with Gasteiger partial charge in [0.25, 0.3) is 0 Å². The number of hydrogen-bond acceptors (Lipinski definition) is 8. The number of ketones is 1. The molecule has 10 heteroatoms. The molecule has 4 fully saturated rings. The first-order chi connectivity index (χ1) is 22.6. The van der Waals surface area contributed by atoms with Crippen molar-refractivity contribution in [3.05, 3.63) is 22.9 Å². The molecule has 1 unspecified atom stereocenters. The number of esters is 1. The molecule has 5 aliphatic rings. The zero-order valence-corrected chi connectivity index (χ0v) is 31.2. The van der Waals surface area contributed by atoms with Crippen LogP contribution in [-0.4, -0.2) is 50.6 Å². The van der Waals surface area contributed by atoms with Gasteiger partial charge in [0.05, 0.1) is 17.4 Å². The molecule has 0 saturated heterocycles. The average molecular weight is 680 g/mol. The summed E-state index contributed by atoms with van der Waals surface area (Å²) < 4.78 is 11.6. The predicted molar refractivity (Wildman–Crippen MR) is 182 cm³/mol. The van der Waals surface area contributed by atoms with Gasteiger partial charge in [-0.1, -0.05) is 54.0 Å². The second-order valence-electron chi connectivity index (χ2n) is 18.6. The number of allylic oxidation sites excluding steroid dienone is 1. The fraction of sp³-hybridized carbons (Fsp3) is 0.795. The molecule has 8 atom stereocenters. The number of amides is 1. The molecule has 0 aliphatic heterocycles. The number of nitrogens with zero attached hydrogens (tertiary/aromatic N) is 2. The topological polar surface area (TPSA) is 149 Å². The lowest BCUT2D eigenvalue weighted by Gasteiger charge is -2.70. The van der Waals surface area contributed by atoms with Crippen molar-refractivity contribution in [1.82, 2.24) is 15.5 Å². The third-order valence-corrected chi connectivity index (χ3v) is 14.8. The third kappa shape index (κ3) is 5.23. The first-order valence-corrected chi connectivity index (χ1v) is 18.5. The Hall–Kier alpha value is -3.04. The highest BCUT2D eigenvalue weighted by molar-refractivity contribution is 5.95. The van der Waals surface area contributed by atoms with Gasteiger partial charge in [-0.2, -0.15) is 0 Å². The van der Waals surface area contributed by atoms with Gasteiger partial charge in [0.1, 0.15) is 11.9 Å². The molecule has 6 rings (SSSR count). The molecule has 0 spiro atoms. The number of carbonyl (C=O) groups is 4. The summed E-state index contributed by atoms with van der Waals surface area (Å²) in [6.45, 7) is 21.0. The van der Waals surface area contributed by atoms with Crippen molar-refractivity contribution in [1.29, 1.82) is 0 Å². The SMILES string of the molecule is Cc1nnc(C(=O)N[C@@]23CC[C@]4(C)C(=C2C(C(C)C)C(=O)C3)CC[C@@H]2[C@@]3(C)CC[C@H](OC(=O)CC(C)(C)C(=O)O)C(C)(C)[C@@H]3CC[C@]24C)o1. The fourth-order valence-corrected chi connectivity index (χ4v) is 12.1. The lowest BCUT2D eigenvalue weighted by molar-refractivity contribution is -0.214. The van der Waals surface area contributed by atoms with Crippen molar-refractivity contribution < 1.29 is 33.4 Å². The number of nitrogens with one attached hydrogen (secondary N) is 1. The van der Waals surface area contributed by atoms with Gasteiger partial charge < -0.3 is 19.6 Å². The Bertz CT molecular complexity index is 1610. The average Bonchev–Trinajstić information content (AvgIpc) is 3.55. The van der Waals surface area contributed by atoms with Crippen molar-refractivity contribution in [2.45, 2.75) is 145 Å². The van der Waals surface area contributed by atoms with E-state index in [1.165, 1.54) is 5.57 Å². The minimum Gasteiger partial charge on any atom is -0.481 e. The Balaban J connectivity index is 1.33. The number of hydrogen-bond donors (Lipinski definition) is 2. The number of rotatable bonds is 7. The summed E-state index contributed by atoms with van der Waals surface area (Å²) in [5.74, 6) is -0.742. The van der Waals surface area contributed by atoms with Crippen LogP contribution in [0.4, 0.5) is 0 Å². The number of carboxylic acid groups (broad SMARTS) is 1. The largest absolute Gasteiger partial charge is 0.481 e. The molecular weight excluding hydrogens is 622 g/mol. The van der Waals surface area contributed by atoms with Crippen molar-refractivity contribution in [2.24, 2.45) is 50.7 Å². The Labute approximate surface area is 291 Å². The van der Waals surface area contributed by atoms with Crippen LogP contribution in [0.5, 0.6) is 0 Å². The smallest absolute Gasteiger partial charge is 0.309 e. The molecule has 0 radical (unpaired) electrons. The number of fused-ring (bicyclic) bond motifs is 6. The van der Waals surface area contributed by atoms with Gasteiger partial charge in [0, 0.05) is 24.7 Å².